The van der Waals surface area contributed by atoms with Crippen molar-refractivity contribution in [3.05, 3.63) is 59.9 Å². The number of hydrogen-bond donors (Lipinski definition) is 0. The Morgan fingerprint density at radius 2 is 2.23 bits per heavy atom. The summed E-state index contributed by atoms with van der Waals surface area (Å²) in [5.41, 5.74) is 2.17. The van der Waals surface area contributed by atoms with E-state index in [0.29, 0.717) is 31.5 Å². The lowest BCUT2D eigenvalue weighted by Gasteiger charge is -2.13. The van der Waals surface area contributed by atoms with Crippen LogP contribution in [0.3, 0.4) is 0 Å². The molecule has 0 radical (unpaired) electrons. The molecular weight excluding hydrogens is 386 g/mol. The predicted octanol–water partition coefficient (Wildman–Crippen LogP) is 1.82. The van der Waals surface area contributed by atoms with Gasteiger partial charge in [0.05, 0.1) is 19.6 Å². The largest absolute Gasteiger partial charge is 0.461 e. The summed E-state index contributed by atoms with van der Waals surface area (Å²) in [5, 5.41) is 0. The van der Waals surface area contributed by atoms with Crippen molar-refractivity contribution >= 4 is 12.3 Å². The molecule has 0 bridgehead atoms. The number of rotatable bonds is 8. The van der Waals surface area contributed by atoms with Crippen LogP contribution in [0.25, 0.3) is 5.95 Å². The molecule has 10 nitrogen and oxygen atoms in total. The number of amides is 1. The van der Waals surface area contributed by atoms with Crippen LogP contribution in [0.1, 0.15) is 17.0 Å². The van der Waals surface area contributed by atoms with Crippen molar-refractivity contribution in [2.24, 2.45) is 4.99 Å². The summed E-state index contributed by atoms with van der Waals surface area (Å²) >= 11 is 0. The molecule has 0 unspecified atom stereocenters. The first kappa shape index (κ1) is 19.5. The van der Waals surface area contributed by atoms with E-state index in [1.807, 2.05) is 31.2 Å². The Morgan fingerprint density at radius 1 is 1.30 bits per heavy atom. The van der Waals surface area contributed by atoms with Gasteiger partial charge in [-0.3, -0.25) is 9.56 Å². The summed E-state index contributed by atoms with van der Waals surface area (Å²) in [7, 11) is 0. The van der Waals surface area contributed by atoms with Crippen molar-refractivity contribution in [1.82, 2.24) is 29.4 Å². The van der Waals surface area contributed by atoms with E-state index in [-0.39, 0.29) is 25.3 Å². The zero-order valence-electron chi connectivity index (χ0n) is 16.5. The molecule has 10 heteroatoms. The lowest BCUT2D eigenvalue weighted by Crippen LogP contribution is -2.29. The standard InChI is InChI=1S/C20H21N7O3/c1-15-3-2-4-16(11-15)12-22-13-17-23-18(27-6-5-21-14-27)25-19(24-17)29-9-7-26-8-10-30-20(26)28/h2-6,11-12,14H,7-10,13H2,1H3. The fraction of sp³-hybridized carbons (Fsp3) is 0.300. The molecule has 1 amide bonds. The van der Waals surface area contributed by atoms with Crippen LogP contribution in [-0.2, 0) is 11.3 Å². The van der Waals surface area contributed by atoms with Gasteiger partial charge < -0.3 is 14.4 Å². The van der Waals surface area contributed by atoms with Crippen LogP contribution < -0.4 is 4.74 Å². The van der Waals surface area contributed by atoms with Gasteiger partial charge in [0.1, 0.15) is 19.5 Å². The molecule has 1 fully saturated rings. The van der Waals surface area contributed by atoms with Gasteiger partial charge in [0.25, 0.3) is 0 Å². The van der Waals surface area contributed by atoms with E-state index in [2.05, 4.69) is 24.9 Å². The molecule has 0 N–H and O–H groups in total. The number of aryl methyl sites for hydroxylation is 1. The van der Waals surface area contributed by atoms with E-state index in [9.17, 15) is 4.79 Å². The number of hydrogen-bond acceptors (Lipinski definition) is 8. The van der Waals surface area contributed by atoms with Crippen molar-refractivity contribution in [3.63, 3.8) is 0 Å². The molecule has 1 aromatic carbocycles. The number of aliphatic imine (C=N–C) groups is 1. The minimum Gasteiger partial charge on any atom is -0.461 e. The highest BCUT2D eigenvalue weighted by Gasteiger charge is 2.21. The normalized spacial score (nSPS) is 13.8. The Balaban J connectivity index is 1.47. The Kier molecular flexibility index (Phi) is 5.93. The van der Waals surface area contributed by atoms with Crippen LogP contribution in [0, 0.1) is 6.92 Å². The highest BCUT2D eigenvalue weighted by molar-refractivity contribution is 5.79. The summed E-state index contributed by atoms with van der Waals surface area (Å²) < 4.78 is 12.3. The number of imidazole rings is 1. The molecule has 0 aliphatic carbocycles. The second kappa shape index (κ2) is 9.12. The smallest absolute Gasteiger partial charge is 0.410 e. The van der Waals surface area contributed by atoms with Gasteiger partial charge in [-0.25, -0.2) is 9.78 Å². The van der Waals surface area contributed by atoms with E-state index >= 15 is 0 Å². The van der Waals surface area contributed by atoms with E-state index in [1.165, 1.54) is 5.56 Å². The second-order valence-corrected chi connectivity index (χ2v) is 6.64. The summed E-state index contributed by atoms with van der Waals surface area (Å²) in [4.78, 5) is 34.7. The number of carbonyl (C=O) groups is 1. The molecule has 154 valence electrons. The maximum atomic E-state index is 11.5. The number of carbonyl (C=O) groups excluding carboxylic acids is 1. The molecule has 1 saturated heterocycles. The number of nitrogens with zero attached hydrogens (tertiary/aromatic N) is 7. The molecule has 2 aromatic heterocycles. The molecule has 1 aliphatic heterocycles. The van der Waals surface area contributed by atoms with Gasteiger partial charge in [-0.2, -0.15) is 15.0 Å². The number of benzene rings is 1. The quantitative estimate of drug-likeness (QED) is 0.524. The number of ether oxygens (including phenoxy) is 2. The maximum Gasteiger partial charge on any atom is 0.410 e. The third-order valence-corrected chi connectivity index (χ3v) is 4.34. The lowest BCUT2D eigenvalue weighted by molar-refractivity contribution is 0.152. The van der Waals surface area contributed by atoms with Crippen LogP contribution in [0.15, 0.2) is 48.0 Å². The van der Waals surface area contributed by atoms with Crippen LogP contribution in [0.2, 0.25) is 0 Å². The first-order valence-corrected chi connectivity index (χ1v) is 9.52. The van der Waals surface area contributed by atoms with Crippen molar-refractivity contribution < 1.29 is 14.3 Å². The van der Waals surface area contributed by atoms with Crippen LogP contribution >= 0.6 is 0 Å². The highest BCUT2D eigenvalue weighted by Crippen LogP contribution is 2.10. The second-order valence-electron chi connectivity index (χ2n) is 6.64. The van der Waals surface area contributed by atoms with Crippen LogP contribution in [0.4, 0.5) is 4.79 Å². The van der Waals surface area contributed by atoms with Gasteiger partial charge in [0, 0.05) is 18.6 Å². The monoisotopic (exact) mass is 407 g/mol. The molecule has 3 heterocycles. The van der Waals surface area contributed by atoms with Gasteiger partial charge in [-0.15, -0.1) is 0 Å². The Hall–Kier alpha value is -3.82. The van der Waals surface area contributed by atoms with E-state index in [4.69, 9.17) is 9.47 Å². The molecule has 3 aromatic rings. The molecule has 1 aliphatic rings. The van der Waals surface area contributed by atoms with Crippen molar-refractivity contribution in [2.45, 2.75) is 13.5 Å². The molecule has 0 saturated carbocycles. The molecule has 30 heavy (non-hydrogen) atoms. The molecule has 4 rings (SSSR count). The van der Waals surface area contributed by atoms with Crippen LogP contribution in [-0.4, -0.2) is 68.0 Å². The highest BCUT2D eigenvalue weighted by atomic mass is 16.6. The van der Waals surface area contributed by atoms with E-state index in [1.54, 1.807) is 34.4 Å². The van der Waals surface area contributed by atoms with Gasteiger partial charge in [0.2, 0.25) is 5.95 Å². The minimum atomic E-state index is -0.334. The molecule has 0 atom stereocenters. The molecule has 0 spiro atoms. The average Bonchev–Trinajstić information content (AvgIpc) is 3.40. The number of cyclic esters (lactones) is 1. The van der Waals surface area contributed by atoms with E-state index in [0.717, 1.165) is 5.56 Å². The van der Waals surface area contributed by atoms with Crippen molar-refractivity contribution in [3.8, 4) is 12.0 Å². The lowest BCUT2D eigenvalue weighted by atomic mass is 10.2. The van der Waals surface area contributed by atoms with Gasteiger partial charge >= 0.3 is 12.1 Å². The third-order valence-electron chi connectivity index (χ3n) is 4.34. The Morgan fingerprint density at radius 3 is 3.00 bits per heavy atom. The predicted molar refractivity (Wildman–Crippen MR) is 108 cm³/mol. The zero-order valence-corrected chi connectivity index (χ0v) is 16.5. The molecular formula is C20H21N7O3. The first-order valence-electron chi connectivity index (χ1n) is 9.52. The summed E-state index contributed by atoms with van der Waals surface area (Å²) in [6.45, 7) is 3.90. The minimum absolute atomic E-state index is 0.169. The Bertz CT molecular complexity index is 1040. The van der Waals surface area contributed by atoms with E-state index < -0.39 is 0 Å². The first-order chi connectivity index (χ1) is 14.7. The average molecular weight is 407 g/mol. The van der Waals surface area contributed by atoms with Gasteiger partial charge in [-0.05, 0) is 12.5 Å². The zero-order chi connectivity index (χ0) is 20.8. The summed E-state index contributed by atoms with van der Waals surface area (Å²) in [6.07, 6.45) is 6.42. The maximum absolute atomic E-state index is 11.5. The fourth-order valence-corrected chi connectivity index (χ4v) is 2.87. The Labute approximate surface area is 173 Å². The van der Waals surface area contributed by atoms with Crippen molar-refractivity contribution in [1.29, 1.82) is 0 Å². The summed E-state index contributed by atoms with van der Waals surface area (Å²) in [5.74, 6) is 0.854. The SMILES string of the molecule is Cc1cccc(C=NCc2nc(OCCN3CCOC3=O)nc(-n3ccnc3)n2)c1. The number of aromatic nitrogens is 5. The summed E-state index contributed by atoms with van der Waals surface area (Å²) in [6, 6.07) is 8.22. The van der Waals surface area contributed by atoms with Crippen LogP contribution in [0.5, 0.6) is 6.01 Å². The van der Waals surface area contributed by atoms with Gasteiger partial charge in [0.15, 0.2) is 5.82 Å². The third kappa shape index (κ3) is 4.96. The van der Waals surface area contributed by atoms with Gasteiger partial charge in [-0.1, -0.05) is 29.8 Å². The fourth-order valence-electron chi connectivity index (χ4n) is 2.87. The van der Waals surface area contributed by atoms with Crippen molar-refractivity contribution in [2.75, 3.05) is 26.3 Å². The topological polar surface area (TPSA) is 108 Å².